The second-order valence-electron chi connectivity index (χ2n) is 4.57. The molecule has 0 aliphatic carbocycles. The zero-order chi connectivity index (χ0) is 13.0. The van der Waals surface area contributed by atoms with Crippen molar-refractivity contribution in [1.82, 2.24) is 10.1 Å². The molecule has 0 radical (unpaired) electrons. The van der Waals surface area contributed by atoms with Crippen LogP contribution in [0, 0.1) is 5.92 Å². The molecule has 96 valence electrons. The molecule has 0 spiro atoms. The standard InChI is InChI=1S/C13H16ClN3O/c1-9(2)6-10-7-11(18-17-10)8-16-13-12(14)4-3-5-15-13/h3-5,7,9H,6,8H2,1-2H3,(H,15,16). The average Bonchev–Trinajstić information content (AvgIpc) is 2.75. The van der Waals surface area contributed by atoms with Crippen LogP contribution in [0.15, 0.2) is 28.9 Å². The second kappa shape index (κ2) is 5.87. The Balaban J connectivity index is 1.94. The minimum Gasteiger partial charge on any atom is -0.361 e. The molecule has 2 aromatic heterocycles. The largest absolute Gasteiger partial charge is 0.361 e. The molecule has 0 fully saturated rings. The van der Waals surface area contributed by atoms with Crippen molar-refractivity contribution >= 4 is 17.4 Å². The fourth-order valence-corrected chi connectivity index (χ4v) is 1.83. The Hall–Kier alpha value is -1.55. The van der Waals surface area contributed by atoms with Gasteiger partial charge in [0.1, 0.15) is 5.82 Å². The summed E-state index contributed by atoms with van der Waals surface area (Å²) in [4.78, 5) is 4.14. The van der Waals surface area contributed by atoms with Gasteiger partial charge < -0.3 is 9.84 Å². The molecular weight excluding hydrogens is 250 g/mol. The van der Waals surface area contributed by atoms with Crippen LogP contribution in [-0.2, 0) is 13.0 Å². The zero-order valence-electron chi connectivity index (χ0n) is 10.5. The van der Waals surface area contributed by atoms with Gasteiger partial charge in [0.2, 0.25) is 0 Å². The van der Waals surface area contributed by atoms with Gasteiger partial charge in [-0.1, -0.05) is 30.6 Å². The van der Waals surface area contributed by atoms with E-state index in [2.05, 4.69) is 29.3 Å². The molecule has 18 heavy (non-hydrogen) atoms. The van der Waals surface area contributed by atoms with Gasteiger partial charge in [-0.15, -0.1) is 0 Å². The van der Waals surface area contributed by atoms with Crippen molar-refractivity contribution in [2.45, 2.75) is 26.8 Å². The number of aromatic nitrogens is 2. The van der Waals surface area contributed by atoms with E-state index in [1.807, 2.05) is 6.07 Å². The molecule has 0 aromatic carbocycles. The molecule has 0 atom stereocenters. The summed E-state index contributed by atoms with van der Waals surface area (Å²) < 4.78 is 5.24. The zero-order valence-corrected chi connectivity index (χ0v) is 11.2. The first-order valence-electron chi connectivity index (χ1n) is 5.94. The van der Waals surface area contributed by atoms with Gasteiger partial charge in [-0.3, -0.25) is 0 Å². The SMILES string of the molecule is CC(C)Cc1cc(CNc2ncccc2Cl)on1. The fraction of sp³-hybridized carbons (Fsp3) is 0.385. The third-order valence-corrected chi connectivity index (χ3v) is 2.72. The van der Waals surface area contributed by atoms with E-state index in [-0.39, 0.29) is 0 Å². The lowest BCUT2D eigenvalue weighted by Crippen LogP contribution is -2.00. The summed E-state index contributed by atoms with van der Waals surface area (Å²) in [5.41, 5.74) is 0.980. The number of rotatable bonds is 5. The van der Waals surface area contributed by atoms with Crippen LogP contribution in [-0.4, -0.2) is 10.1 Å². The minimum atomic E-state index is 0.530. The third-order valence-electron chi connectivity index (χ3n) is 2.41. The highest BCUT2D eigenvalue weighted by atomic mass is 35.5. The highest BCUT2D eigenvalue weighted by molar-refractivity contribution is 6.32. The normalized spacial score (nSPS) is 10.9. The Bertz CT molecular complexity index is 510. The van der Waals surface area contributed by atoms with Crippen molar-refractivity contribution in [3.8, 4) is 0 Å². The van der Waals surface area contributed by atoms with Gasteiger partial charge in [0.25, 0.3) is 0 Å². The number of halogens is 1. The fourth-order valence-electron chi connectivity index (χ4n) is 1.64. The lowest BCUT2D eigenvalue weighted by atomic mass is 10.1. The van der Waals surface area contributed by atoms with Crippen LogP contribution in [0.1, 0.15) is 25.3 Å². The van der Waals surface area contributed by atoms with Crippen molar-refractivity contribution in [2.24, 2.45) is 5.92 Å². The summed E-state index contributed by atoms with van der Waals surface area (Å²) in [5.74, 6) is 2.01. The molecule has 2 rings (SSSR count). The molecule has 1 N–H and O–H groups in total. The first-order valence-corrected chi connectivity index (χ1v) is 6.32. The van der Waals surface area contributed by atoms with Gasteiger partial charge in [-0.05, 0) is 24.5 Å². The highest BCUT2D eigenvalue weighted by Crippen LogP contribution is 2.18. The molecule has 0 aliphatic rings. The van der Waals surface area contributed by atoms with Gasteiger partial charge in [0.15, 0.2) is 5.76 Å². The topological polar surface area (TPSA) is 51.0 Å². The molecule has 4 nitrogen and oxygen atoms in total. The summed E-state index contributed by atoms with van der Waals surface area (Å²) in [5, 5.41) is 7.74. The van der Waals surface area contributed by atoms with Gasteiger partial charge in [0, 0.05) is 12.3 Å². The van der Waals surface area contributed by atoms with Crippen LogP contribution in [0.4, 0.5) is 5.82 Å². The van der Waals surface area contributed by atoms with Gasteiger partial charge in [-0.25, -0.2) is 4.98 Å². The highest BCUT2D eigenvalue weighted by Gasteiger charge is 2.07. The molecule has 0 saturated heterocycles. The maximum Gasteiger partial charge on any atom is 0.156 e. The van der Waals surface area contributed by atoms with Crippen molar-refractivity contribution in [2.75, 3.05) is 5.32 Å². The predicted octanol–water partition coefficient (Wildman–Crippen LogP) is 3.53. The number of hydrogen-bond acceptors (Lipinski definition) is 4. The predicted molar refractivity (Wildman–Crippen MR) is 71.6 cm³/mol. The van der Waals surface area contributed by atoms with Crippen LogP contribution >= 0.6 is 11.6 Å². The summed E-state index contributed by atoms with van der Waals surface area (Å²) in [7, 11) is 0. The van der Waals surface area contributed by atoms with E-state index in [1.165, 1.54) is 0 Å². The second-order valence-corrected chi connectivity index (χ2v) is 4.98. The van der Waals surface area contributed by atoms with E-state index in [4.69, 9.17) is 16.1 Å². The Kier molecular flexibility index (Phi) is 4.20. The van der Waals surface area contributed by atoms with E-state index < -0.39 is 0 Å². The summed E-state index contributed by atoms with van der Waals surface area (Å²) in [6.07, 6.45) is 2.62. The van der Waals surface area contributed by atoms with Crippen LogP contribution in [0.5, 0.6) is 0 Å². The van der Waals surface area contributed by atoms with Crippen molar-refractivity contribution in [1.29, 1.82) is 0 Å². The minimum absolute atomic E-state index is 0.530. The molecular formula is C13H16ClN3O. The Morgan fingerprint density at radius 1 is 1.44 bits per heavy atom. The number of nitrogens with zero attached hydrogens (tertiary/aromatic N) is 2. The molecule has 2 aromatic rings. The molecule has 0 amide bonds. The van der Waals surface area contributed by atoms with Crippen LogP contribution < -0.4 is 5.32 Å². The first-order chi connectivity index (χ1) is 8.65. The van der Waals surface area contributed by atoms with Crippen molar-refractivity contribution in [3.05, 3.63) is 40.9 Å². The van der Waals surface area contributed by atoms with Crippen molar-refractivity contribution in [3.63, 3.8) is 0 Å². The van der Waals surface area contributed by atoms with E-state index in [0.717, 1.165) is 17.9 Å². The maximum absolute atomic E-state index is 5.99. The number of anilines is 1. The van der Waals surface area contributed by atoms with Crippen molar-refractivity contribution < 1.29 is 4.52 Å². The Labute approximate surface area is 111 Å². The lowest BCUT2D eigenvalue weighted by Gasteiger charge is -2.03. The van der Waals surface area contributed by atoms with Crippen LogP contribution in [0.2, 0.25) is 5.02 Å². The molecule has 2 heterocycles. The molecule has 0 saturated carbocycles. The average molecular weight is 266 g/mol. The summed E-state index contributed by atoms with van der Waals surface area (Å²) in [6, 6.07) is 5.55. The third kappa shape index (κ3) is 3.47. The quantitative estimate of drug-likeness (QED) is 0.898. The number of hydrogen-bond donors (Lipinski definition) is 1. The van der Waals surface area contributed by atoms with Gasteiger partial charge in [-0.2, -0.15) is 0 Å². The summed E-state index contributed by atoms with van der Waals surface area (Å²) in [6.45, 7) is 4.84. The molecule has 0 unspecified atom stereocenters. The maximum atomic E-state index is 5.99. The lowest BCUT2D eigenvalue weighted by molar-refractivity contribution is 0.378. The summed E-state index contributed by atoms with van der Waals surface area (Å²) >= 11 is 5.99. The monoisotopic (exact) mass is 265 g/mol. The number of nitrogens with one attached hydrogen (secondary N) is 1. The van der Waals surface area contributed by atoms with Crippen LogP contribution in [0.25, 0.3) is 0 Å². The first kappa shape index (κ1) is 12.9. The Morgan fingerprint density at radius 3 is 3.00 bits per heavy atom. The molecule has 5 heteroatoms. The van der Waals surface area contributed by atoms with E-state index >= 15 is 0 Å². The molecule has 0 aliphatic heterocycles. The number of pyridine rings is 1. The smallest absolute Gasteiger partial charge is 0.156 e. The van der Waals surface area contributed by atoms with E-state index in [1.54, 1.807) is 18.3 Å². The van der Waals surface area contributed by atoms with E-state index in [9.17, 15) is 0 Å². The van der Waals surface area contributed by atoms with Gasteiger partial charge in [0.05, 0.1) is 17.3 Å². The van der Waals surface area contributed by atoms with Crippen LogP contribution in [0.3, 0.4) is 0 Å². The Morgan fingerprint density at radius 2 is 2.28 bits per heavy atom. The van der Waals surface area contributed by atoms with E-state index in [0.29, 0.717) is 23.3 Å². The van der Waals surface area contributed by atoms with Gasteiger partial charge >= 0.3 is 0 Å². The molecule has 0 bridgehead atoms.